The zero-order chi connectivity index (χ0) is 16.9. The molecule has 3 N–H and O–H groups in total. The number of hydrogen-bond acceptors (Lipinski definition) is 3. The van der Waals surface area contributed by atoms with Gasteiger partial charge in [0.25, 0.3) is 5.91 Å². The molecular weight excluding hydrogens is 369 g/mol. The maximum absolute atomic E-state index is 12.2. The molecule has 1 heterocycles. The van der Waals surface area contributed by atoms with E-state index in [2.05, 4.69) is 29.3 Å². The zero-order valence-corrected chi connectivity index (χ0v) is 16.6. The molecule has 1 aliphatic rings. The van der Waals surface area contributed by atoms with Gasteiger partial charge in [-0.1, -0.05) is 24.6 Å². The summed E-state index contributed by atoms with van der Waals surface area (Å²) in [6, 6.07) is 15.8. The summed E-state index contributed by atoms with van der Waals surface area (Å²) in [7, 11) is 0. The Labute approximate surface area is 168 Å². The molecule has 1 fully saturated rings. The van der Waals surface area contributed by atoms with Crippen molar-refractivity contribution in [2.75, 3.05) is 17.6 Å². The number of hydrogen-bond donors (Lipinski definition) is 2. The Bertz CT molecular complexity index is 706. The summed E-state index contributed by atoms with van der Waals surface area (Å²) in [6.07, 6.45) is 3.92. The Hall–Kier alpha value is -1.75. The van der Waals surface area contributed by atoms with Gasteiger partial charge in [-0.15, -0.1) is 24.8 Å². The number of nitrogens with one attached hydrogen (secondary N) is 1. The molecular formula is C20H27Cl2N3O. The molecule has 0 bridgehead atoms. The van der Waals surface area contributed by atoms with Gasteiger partial charge in [-0.05, 0) is 62.2 Å². The van der Waals surface area contributed by atoms with Crippen molar-refractivity contribution >= 4 is 42.1 Å². The smallest absolute Gasteiger partial charge is 0.255 e. The van der Waals surface area contributed by atoms with E-state index in [1.165, 1.54) is 31.4 Å². The lowest BCUT2D eigenvalue weighted by Gasteiger charge is -2.33. The number of benzene rings is 2. The zero-order valence-electron chi connectivity index (χ0n) is 15.0. The van der Waals surface area contributed by atoms with Crippen molar-refractivity contribution in [3.8, 4) is 0 Å². The highest BCUT2D eigenvalue weighted by molar-refractivity contribution is 6.04. The Balaban J connectivity index is 0.00000169. The molecule has 26 heavy (non-hydrogen) atoms. The van der Waals surface area contributed by atoms with Gasteiger partial charge >= 0.3 is 0 Å². The number of nitrogens with zero attached hydrogens (tertiary/aromatic N) is 1. The van der Waals surface area contributed by atoms with E-state index in [1.807, 2.05) is 12.1 Å². The molecule has 4 nitrogen and oxygen atoms in total. The first-order chi connectivity index (χ1) is 11.6. The highest BCUT2D eigenvalue weighted by Gasteiger charge is 2.18. The summed E-state index contributed by atoms with van der Waals surface area (Å²) in [5.41, 5.74) is 8.97. The molecule has 0 aromatic heterocycles. The normalized spacial score (nSPS) is 16.9. The SMILES string of the molecule is CC1CCCCN1Cc1ccc(NC(=O)c2cccc(N)c2)cc1.Cl.Cl. The van der Waals surface area contributed by atoms with Crippen molar-refractivity contribution in [1.82, 2.24) is 4.90 Å². The number of likely N-dealkylation sites (tertiary alicyclic amines) is 1. The van der Waals surface area contributed by atoms with Gasteiger partial charge in [0, 0.05) is 29.5 Å². The molecule has 1 atom stereocenters. The molecule has 2 aromatic carbocycles. The first-order valence-electron chi connectivity index (χ1n) is 8.62. The van der Waals surface area contributed by atoms with Crippen molar-refractivity contribution in [3.05, 3.63) is 59.7 Å². The third-order valence-electron chi connectivity index (χ3n) is 4.69. The number of anilines is 2. The lowest BCUT2D eigenvalue weighted by molar-refractivity contribution is 0.102. The molecule has 0 radical (unpaired) electrons. The van der Waals surface area contributed by atoms with Crippen LogP contribution < -0.4 is 11.1 Å². The molecule has 142 valence electrons. The van der Waals surface area contributed by atoms with Gasteiger partial charge in [-0.3, -0.25) is 9.69 Å². The predicted octanol–water partition coefficient (Wildman–Crippen LogP) is 4.74. The largest absolute Gasteiger partial charge is 0.399 e. The van der Waals surface area contributed by atoms with Gasteiger partial charge in [0.05, 0.1) is 0 Å². The predicted molar refractivity (Wildman–Crippen MR) is 113 cm³/mol. The Morgan fingerprint density at radius 3 is 2.54 bits per heavy atom. The van der Waals surface area contributed by atoms with Crippen LogP contribution in [0.25, 0.3) is 0 Å². The number of rotatable bonds is 4. The number of amides is 1. The maximum Gasteiger partial charge on any atom is 0.255 e. The van der Waals surface area contributed by atoms with Crippen molar-refractivity contribution in [2.45, 2.75) is 38.8 Å². The summed E-state index contributed by atoms with van der Waals surface area (Å²) in [5, 5.41) is 2.92. The molecule has 0 spiro atoms. The second-order valence-corrected chi connectivity index (χ2v) is 6.59. The number of halogens is 2. The van der Waals surface area contributed by atoms with Gasteiger partial charge in [0.15, 0.2) is 0 Å². The highest BCUT2D eigenvalue weighted by atomic mass is 35.5. The van der Waals surface area contributed by atoms with Gasteiger partial charge in [-0.25, -0.2) is 0 Å². The topological polar surface area (TPSA) is 58.4 Å². The minimum Gasteiger partial charge on any atom is -0.399 e. The first kappa shape index (κ1) is 22.3. The maximum atomic E-state index is 12.2. The van der Waals surface area contributed by atoms with Crippen LogP contribution in [0.3, 0.4) is 0 Å². The minimum atomic E-state index is -0.139. The fraction of sp³-hybridized carbons (Fsp3) is 0.350. The van der Waals surface area contributed by atoms with Crippen LogP contribution in [0.2, 0.25) is 0 Å². The van der Waals surface area contributed by atoms with E-state index >= 15 is 0 Å². The van der Waals surface area contributed by atoms with Crippen molar-refractivity contribution in [1.29, 1.82) is 0 Å². The molecule has 6 heteroatoms. The van der Waals surface area contributed by atoms with Crippen molar-refractivity contribution < 1.29 is 4.79 Å². The molecule has 1 saturated heterocycles. The third-order valence-corrected chi connectivity index (χ3v) is 4.69. The Kier molecular flexibility index (Phi) is 8.93. The van der Waals surface area contributed by atoms with Gasteiger partial charge in [-0.2, -0.15) is 0 Å². The minimum absolute atomic E-state index is 0. The van der Waals surface area contributed by atoms with Crippen molar-refractivity contribution in [2.24, 2.45) is 0 Å². The summed E-state index contributed by atoms with van der Waals surface area (Å²) >= 11 is 0. The average molecular weight is 396 g/mol. The van der Waals surface area contributed by atoms with E-state index in [0.717, 1.165) is 12.2 Å². The lowest BCUT2D eigenvalue weighted by Crippen LogP contribution is -2.36. The highest BCUT2D eigenvalue weighted by Crippen LogP contribution is 2.20. The van der Waals surface area contributed by atoms with Crippen LogP contribution in [0.1, 0.15) is 42.1 Å². The number of carbonyl (C=O) groups excluding carboxylic acids is 1. The van der Waals surface area contributed by atoms with E-state index < -0.39 is 0 Å². The average Bonchev–Trinajstić information content (AvgIpc) is 2.58. The van der Waals surface area contributed by atoms with E-state index in [0.29, 0.717) is 17.3 Å². The summed E-state index contributed by atoms with van der Waals surface area (Å²) in [4.78, 5) is 14.8. The molecule has 2 aromatic rings. The van der Waals surface area contributed by atoms with Gasteiger partial charge in [0.1, 0.15) is 0 Å². The van der Waals surface area contributed by atoms with Crippen LogP contribution in [-0.2, 0) is 6.54 Å². The fourth-order valence-electron chi connectivity index (χ4n) is 3.20. The molecule has 1 aliphatic heterocycles. The molecule has 0 aliphatic carbocycles. The van der Waals surface area contributed by atoms with Gasteiger partial charge in [0.2, 0.25) is 0 Å². The number of nitrogen functional groups attached to an aromatic ring is 1. The fourth-order valence-corrected chi connectivity index (χ4v) is 3.20. The molecule has 3 rings (SSSR count). The summed E-state index contributed by atoms with van der Waals surface area (Å²) in [6.45, 7) is 4.46. The van der Waals surface area contributed by atoms with Crippen LogP contribution in [0.4, 0.5) is 11.4 Å². The number of piperidine rings is 1. The van der Waals surface area contributed by atoms with E-state index in [4.69, 9.17) is 5.73 Å². The van der Waals surface area contributed by atoms with Gasteiger partial charge < -0.3 is 11.1 Å². The molecule has 1 unspecified atom stereocenters. The molecule has 0 saturated carbocycles. The monoisotopic (exact) mass is 395 g/mol. The van der Waals surface area contributed by atoms with Crippen LogP contribution in [0.15, 0.2) is 48.5 Å². The Morgan fingerprint density at radius 2 is 1.88 bits per heavy atom. The first-order valence-corrected chi connectivity index (χ1v) is 8.62. The third kappa shape index (κ3) is 5.90. The number of carbonyl (C=O) groups is 1. The number of nitrogens with two attached hydrogens (primary N) is 1. The Morgan fingerprint density at radius 1 is 1.15 bits per heavy atom. The van der Waals surface area contributed by atoms with Crippen LogP contribution >= 0.6 is 24.8 Å². The second-order valence-electron chi connectivity index (χ2n) is 6.59. The van der Waals surface area contributed by atoms with E-state index in [9.17, 15) is 4.79 Å². The molecule has 1 amide bonds. The van der Waals surface area contributed by atoms with Crippen molar-refractivity contribution in [3.63, 3.8) is 0 Å². The van der Waals surface area contributed by atoms with Crippen LogP contribution in [0.5, 0.6) is 0 Å². The van der Waals surface area contributed by atoms with E-state index in [-0.39, 0.29) is 30.7 Å². The summed E-state index contributed by atoms with van der Waals surface area (Å²) < 4.78 is 0. The van der Waals surface area contributed by atoms with Crippen LogP contribution in [-0.4, -0.2) is 23.4 Å². The van der Waals surface area contributed by atoms with Crippen LogP contribution in [0, 0.1) is 0 Å². The summed E-state index contributed by atoms with van der Waals surface area (Å²) in [5.74, 6) is -0.139. The lowest BCUT2D eigenvalue weighted by atomic mass is 10.0. The quantitative estimate of drug-likeness (QED) is 0.734. The second kappa shape index (κ2) is 10.4. The van der Waals surface area contributed by atoms with E-state index in [1.54, 1.807) is 24.3 Å². The standard InChI is InChI=1S/C20H25N3O.2ClH/c1-15-5-2-3-12-23(15)14-16-8-10-19(11-9-16)22-20(24)17-6-4-7-18(21)13-17;;/h4,6-11,13,15H,2-3,5,12,14,21H2,1H3,(H,22,24);2*1H.